The van der Waals surface area contributed by atoms with Crippen molar-refractivity contribution in [3.8, 4) is 5.75 Å². The number of nitrogens with two attached hydrogens (primary N) is 1. The molecule has 1 aromatic carbocycles. The lowest BCUT2D eigenvalue weighted by molar-refractivity contribution is 0.414. The van der Waals surface area contributed by atoms with Crippen LogP contribution in [0.5, 0.6) is 5.75 Å². The number of methoxy groups -OCH3 is 1. The number of sulfonamides is 1. The SMILES string of the molecule is C=CCCCN(C)S(=O)(=O)c1ccc(OC)cc1N. The molecule has 0 aliphatic heterocycles. The zero-order valence-electron chi connectivity index (χ0n) is 11.3. The molecule has 0 spiro atoms. The number of anilines is 1. The third-order valence-electron chi connectivity index (χ3n) is 2.79. The van der Waals surface area contributed by atoms with Crippen molar-refractivity contribution in [1.29, 1.82) is 0 Å². The first-order chi connectivity index (χ1) is 8.93. The molecule has 0 aromatic heterocycles. The van der Waals surface area contributed by atoms with Crippen molar-refractivity contribution in [1.82, 2.24) is 4.31 Å². The van der Waals surface area contributed by atoms with Crippen molar-refractivity contribution in [2.45, 2.75) is 17.7 Å². The summed E-state index contributed by atoms with van der Waals surface area (Å²) in [7, 11) is -0.509. The highest BCUT2D eigenvalue weighted by atomic mass is 32.2. The zero-order valence-corrected chi connectivity index (χ0v) is 12.1. The molecule has 0 atom stereocenters. The van der Waals surface area contributed by atoms with Gasteiger partial charge >= 0.3 is 0 Å². The Kier molecular flexibility index (Phi) is 5.38. The van der Waals surface area contributed by atoms with E-state index in [1.165, 1.54) is 23.5 Å². The molecule has 0 aliphatic rings. The van der Waals surface area contributed by atoms with Gasteiger partial charge in [-0.3, -0.25) is 0 Å². The monoisotopic (exact) mass is 284 g/mol. The number of rotatable bonds is 7. The fourth-order valence-electron chi connectivity index (χ4n) is 1.63. The largest absolute Gasteiger partial charge is 0.497 e. The Morgan fingerprint density at radius 3 is 2.68 bits per heavy atom. The van der Waals surface area contributed by atoms with Crippen LogP contribution in [0.3, 0.4) is 0 Å². The molecule has 0 radical (unpaired) electrons. The third-order valence-corrected chi connectivity index (χ3v) is 4.72. The number of hydrogen-bond acceptors (Lipinski definition) is 4. The fraction of sp³-hybridized carbons (Fsp3) is 0.385. The van der Waals surface area contributed by atoms with Gasteiger partial charge in [-0.1, -0.05) is 6.08 Å². The molecule has 0 unspecified atom stereocenters. The van der Waals surface area contributed by atoms with Crippen LogP contribution in [0.4, 0.5) is 5.69 Å². The van der Waals surface area contributed by atoms with E-state index in [9.17, 15) is 8.42 Å². The summed E-state index contributed by atoms with van der Waals surface area (Å²) in [4.78, 5) is 0.106. The van der Waals surface area contributed by atoms with Crippen molar-refractivity contribution >= 4 is 15.7 Å². The van der Waals surface area contributed by atoms with Crippen molar-refractivity contribution in [2.75, 3.05) is 26.4 Å². The number of allylic oxidation sites excluding steroid dienone is 1. The smallest absolute Gasteiger partial charge is 0.244 e. The minimum Gasteiger partial charge on any atom is -0.497 e. The maximum Gasteiger partial charge on any atom is 0.244 e. The summed E-state index contributed by atoms with van der Waals surface area (Å²) in [6.07, 6.45) is 3.27. The molecule has 1 aromatic rings. The van der Waals surface area contributed by atoms with Crippen LogP contribution in [0.25, 0.3) is 0 Å². The van der Waals surface area contributed by atoms with Gasteiger partial charge in [-0.05, 0) is 25.0 Å². The van der Waals surface area contributed by atoms with Gasteiger partial charge in [-0.2, -0.15) is 0 Å². The molecule has 2 N–H and O–H groups in total. The van der Waals surface area contributed by atoms with Gasteiger partial charge < -0.3 is 10.5 Å². The number of hydrogen-bond donors (Lipinski definition) is 1. The molecule has 0 bridgehead atoms. The minimum absolute atomic E-state index is 0.106. The van der Waals surface area contributed by atoms with E-state index in [1.807, 2.05) is 0 Å². The molecule has 0 saturated heterocycles. The number of benzene rings is 1. The van der Waals surface area contributed by atoms with Crippen molar-refractivity contribution in [3.63, 3.8) is 0 Å². The standard InChI is InChI=1S/C13H20N2O3S/c1-4-5-6-9-15(2)19(16,17)13-8-7-11(18-3)10-12(13)14/h4,7-8,10H,1,5-6,9,14H2,2-3H3. The van der Waals surface area contributed by atoms with Crippen LogP contribution in [-0.2, 0) is 10.0 Å². The summed E-state index contributed by atoms with van der Waals surface area (Å²) in [5, 5.41) is 0. The van der Waals surface area contributed by atoms with E-state index >= 15 is 0 Å². The van der Waals surface area contributed by atoms with Crippen LogP contribution in [0.2, 0.25) is 0 Å². The maximum absolute atomic E-state index is 12.3. The lowest BCUT2D eigenvalue weighted by Crippen LogP contribution is -2.28. The van der Waals surface area contributed by atoms with Gasteiger partial charge in [0.25, 0.3) is 0 Å². The molecule has 106 valence electrons. The Labute approximate surface area is 114 Å². The maximum atomic E-state index is 12.3. The van der Waals surface area contributed by atoms with Crippen molar-refractivity contribution in [3.05, 3.63) is 30.9 Å². The number of nitrogen functional groups attached to an aromatic ring is 1. The molecule has 0 amide bonds. The lowest BCUT2D eigenvalue weighted by atomic mass is 10.3. The highest BCUT2D eigenvalue weighted by Gasteiger charge is 2.22. The van der Waals surface area contributed by atoms with E-state index in [0.717, 1.165) is 12.8 Å². The Balaban J connectivity index is 2.96. The predicted octanol–water partition coefficient (Wildman–Crippen LogP) is 1.86. The summed E-state index contributed by atoms with van der Waals surface area (Å²) in [5.74, 6) is 0.533. The lowest BCUT2D eigenvalue weighted by Gasteiger charge is -2.18. The molecule has 0 aliphatic carbocycles. The van der Waals surface area contributed by atoms with Gasteiger partial charge in [0.2, 0.25) is 10.0 Å². The highest BCUT2D eigenvalue weighted by Crippen LogP contribution is 2.26. The normalized spacial score (nSPS) is 11.5. The summed E-state index contributed by atoms with van der Waals surface area (Å²) in [6.45, 7) is 4.04. The number of ether oxygens (including phenoxy) is 1. The topological polar surface area (TPSA) is 72.6 Å². The van der Waals surface area contributed by atoms with Crippen LogP contribution in [0.1, 0.15) is 12.8 Å². The Bertz CT molecular complexity index is 541. The molecule has 0 saturated carbocycles. The van der Waals surface area contributed by atoms with E-state index in [2.05, 4.69) is 6.58 Å². The van der Waals surface area contributed by atoms with Gasteiger partial charge in [-0.25, -0.2) is 12.7 Å². The van der Waals surface area contributed by atoms with Gasteiger partial charge in [0.05, 0.1) is 12.8 Å². The average Bonchev–Trinajstić information content (AvgIpc) is 2.38. The molecule has 1 rings (SSSR count). The van der Waals surface area contributed by atoms with Crippen LogP contribution in [-0.4, -0.2) is 33.4 Å². The van der Waals surface area contributed by atoms with Gasteiger partial charge in [0, 0.05) is 19.7 Å². The molecule has 19 heavy (non-hydrogen) atoms. The first kappa shape index (κ1) is 15.5. The average molecular weight is 284 g/mol. The van der Waals surface area contributed by atoms with E-state index in [0.29, 0.717) is 12.3 Å². The second-order valence-corrected chi connectivity index (χ2v) is 6.17. The summed E-state index contributed by atoms with van der Waals surface area (Å²) >= 11 is 0. The Hall–Kier alpha value is -1.53. The molecule has 0 heterocycles. The highest BCUT2D eigenvalue weighted by molar-refractivity contribution is 7.89. The van der Waals surface area contributed by atoms with E-state index in [4.69, 9.17) is 10.5 Å². The first-order valence-corrected chi connectivity index (χ1v) is 7.38. The fourth-order valence-corrected chi connectivity index (χ4v) is 2.94. The van der Waals surface area contributed by atoms with Crippen LogP contribution >= 0.6 is 0 Å². The molecule has 5 nitrogen and oxygen atoms in total. The van der Waals surface area contributed by atoms with Gasteiger partial charge in [-0.15, -0.1) is 6.58 Å². The van der Waals surface area contributed by atoms with Crippen LogP contribution < -0.4 is 10.5 Å². The summed E-state index contributed by atoms with van der Waals surface area (Å²) < 4.78 is 31.0. The quantitative estimate of drug-likeness (QED) is 0.471. The predicted molar refractivity (Wildman–Crippen MR) is 76.7 cm³/mol. The number of nitrogens with zero attached hydrogens (tertiary/aromatic N) is 1. The molecular formula is C13H20N2O3S. The molecular weight excluding hydrogens is 264 g/mol. The van der Waals surface area contributed by atoms with E-state index in [-0.39, 0.29) is 10.6 Å². The first-order valence-electron chi connectivity index (χ1n) is 5.94. The Morgan fingerprint density at radius 1 is 1.47 bits per heavy atom. The van der Waals surface area contributed by atoms with E-state index in [1.54, 1.807) is 19.2 Å². The number of unbranched alkanes of at least 4 members (excludes halogenated alkanes) is 1. The van der Waals surface area contributed by atoms with Crippen molar-refractivity contribution in [2.24, 2.45) is 0 Å². The van der Waals surface area contributed by atoms with Gasteiger partial charge in [0.15, 0.2) is 0 Å². The second-order valence-electron chi connectivity index (χ2n) is 4.16. The molecule has 6 heteroatoms. The van der Waals surface area contributed by atoms with Crippen molar-refractivity contribution < 1.29 is 13.2 Å². The summed E-state index contributed by atoms with van der Waals surface area (Å²) in [5.41, 5.74) is 5.96. The third kappa shape index (κ3) is 3.71. The van der Waals surface area contributed by atoms with Crippen LogP contribution in [0, 0.1) is 0 Å². The zero-order chi connectivity index (χ0) is 14.5. The molecule has 0 fully saturated rings. The minimum atomic E-state index is -3.56. The second kappa shape index (κ2) is 6.58. The van der Waals surface area contributed by atoms with E-state index < -0.39 is 10.0 Å². The summed E-state index contributed by atoms with van der Waals surface area (Å²) in [6, 6.07) is 4.55. The van der Waals surface area contributed by atoms with Gasteiger partial charge in [0.1, 0.15) is 10.6 Å². The van der Waals surface area contributed by atoms with Crippen LogP contribution in [0.15, 0.2) is 35.7 Å². The Morgan fingerprint density at radius 2 is 2.16 bits per heavy atom.